The van der Waals surface area contributed by atoms with Crippen LogP contribution in [0.1, 0.15) is 19.8 Å². The lowest BCUT2D eigenvalue weighted by atomic mass is 9.90. The maximum absolute atomic E-state index is 11.3. The van der Waals surface area contributed by atoms with Crippen LogP contribution in [0.2, 0.25) is 0 Å². The van der Waals surface area contributed by atoms with Crippen molar-refractivity contribution in [2.45, 2.75) is 19.8 Å². The normalized spacial score (nSPS) is 55.7. The SMILES string of the molecule is CC(=O)[C@@H]1[C@H]2[C@H]3C[C@@H]([C@@H]12)[C@H](C#N)C3. The summed E-state index contributed by atoms with van der Waals surface area (Å²) in [7, 11) is 0. The van der Waals surface area contributed by atoms with Gasteiger partial charge in [0.2, 0.25) is 0 Å². The number of hydrogen-bond acceptors (Lipinski definition) is 2. The van der Waals surface area contributed by atoms with Crippen LogP contribution in [0.15, 0.2) is 0 Å². The summed E-state index contributed by atoms with van der Waals surface area (Å²) < 4.78 is 0. The molecule has 68 valence electrons. The zero-order valence-electron chi connectivity index (χ0n) is 7.73. The molecule has 3 rings (SSSR count). The molecule has 3 saturated carbocycles. The van der Waals surface area contributed by atoms with Crippen LogP contribution in [0.25, 0.3) is 0 Å². The quantitative estimate of drug-likeness (QED) is 0.607. The van der Waals surface area contributed by atoms with Crippen LogP contribution in [-0.2, 0) is 4.79 Å². The van der Waals surface area contributed by atoms with E-state index < -0.39 is 0 Å². The maximum atomic E-state index is 11.3. The van der Waals surface area contributed by atoms with Gasteiger partial charge >= 0.3 is 0 Å². The van der Waals surface area contributed by atoms with Gasteiger partial charge in [-0.05, 0) is 43.4 Å². The fourth-order valence-electron chi connectivity index (χ4n) is 4.06. The lowest BCUT2D eigenvalue weighted by molar-refractivity contribution is -0.119. The predicted octanol–water partition coefficient (Wildman–Crippen LogP) is 1.62. The monoisotopic (exact) mass is 175 g/mol. The zero-order chi connectivity index (χ0) is 9.16. The smallest absolute Gasteiger partial charge is 0.133 e. The topological polar surface area (TPSA) is 40.9 Å². The van der Waals surface area contributed by atoms with Crippen molar-refractivity contribution in [2.75, 3.05) is 0 Å². The molecule has 6 atom stereocenters. The Balaban J connectivity index is 1.85. The van der Waals surface area contributed by atoms with E-state index in [1.54, 1.807) is 6.92 Å². The van der Waals surface area contributed by atoms with Crippen molar-refractivity contribution in [3.8, 4) is 6.07 Å². The van der Waals surface area contributed by atoms with E-state index in [-0.39, 0.29) is 5.92 Å². The fraction of sp³-hybridized carbons (Fsp3) is 0.818. The molecule has 3 aliphatic rings. The summed E-state index contributed by atoms with van der Waals surface area (Å²) in [6, 6.07) is 2.40. The lowest BCUT2D eigenvalue weighted by Crippen LogP contribution is -2.11. The van der Waals surface area contributed by atoms with E-state index >= 15 is 0 Å². The van der Waals surface area contributed by atoms with Crippen molar-refractivity contribution in [3.63, 3.8) is 0 Å². The van der Waals surface area contributed by atoms with Crippen molar-refractivity contribution >= 4 is 5.78 Å². The van der Waals surface area contributed by atoms with Gasteiger partial charge in [-0.25, -0.2) is 0 Å². The van der Waals surface area contributed by atoms with Crippen LogP contribution in [-0.4, -0.2) is 5.78 Å². The van der Waals surface area contributed by atoms with Crippen molar-refractivity contribution in [3.05, 3.63) is 0 Å². The average molecular weight is 175 g/mol. The van der Waals surface area contributed by atoms with Crippen LogP contribution in [0.5, 0.6) is 0 Å². The van der Waals surface area contributed by atoms with E-state index in [0.29, 0.717) is 35.4 Å². The summed E-state index contributed by atoms with van der Waals surface area (Å²) in [4.78, 5) is 11.3. The lowest BCUT2D eigenvalue weighted by Gasteiger charge is -2.12. The number of Topliss-reactive ketones (excluding diaryl/α,β-unsaturated/α-hetero) is 1. The molecule has 2 nitrogen and oxygen atoms in total. The largest absolute Gasteiger partial charge is 0.300 e. The van der Waals surface area contributed by atoms with E-state index in [1.807, 2.05) is 0 Å². The van der Waals surface area contributed by atoms with E-state index in [4.69, 9.17) is 5.26 Å². The number of nitrogens with zero attached hydrogens (tertiary/aromatic N) is 1. The summed E-state index contributed by atoms with van der Waals surface area (Å²) >= 11 is 0. The Labute approximate surface area is 77.9 Å². The summed E-state index contributed by atoms with van der Waals surface area (Å²) in [6.07, 6.45) is 2.31. The van der Waals surface area contributed by atoms with E-state index in [1.165, 1.54) is 6.42 Å². The van der Waals surface area contributed by atoms with Crippen molar-refractivity contribution < 1.29 is 4.79 Å². The van der Waals surface area contributed by atoms with Gasteiger partial charge in [-0.1, -0.05) is 0 Å². The number of rotatable bonds is 1. The molecule has 13 heavy (non-hydrogen) atoms. The second kappa shape index (κ2) is 2.15. The third-order valence-electron chi connectivity index (χ3n) is 4.46. The third-order valence-corrected chi connectivity index (χ3v) is 4.46. The third kappa shape index (κ3) is 0.757. The van der Waals surface area contributed by atoms with Crippen molar-refractivity contribution in [1.82, 2.24) is 0 Å². The molecule has 2 bridgehead atoms. The van der Waals surface area contributed by atoms with E-state index in [0.717, 1.165) is 6.42 Å². The molecule has 3 aliphatic carbocycles. The van der Waals surface area contributed by atoms with Gasteiger partial charge in [-0.15, -0.1) is 0 Å². The molecule has 0 aromatic rings. The molecule has 0 amide bonds. The van der Waals surface area contributed by atoms with Gasteiger partial charge in [0.05, 0.1) is 6.07 Å². The summed E-state index contributed by atoms with van der Waals surface area (Å²) in [5.41, 5.74) is 0. The van der Waals surface area contributed by atoms with Crippen LogP contribution < -0.4 is 0 Å². The highest BCUT2D eigenvalue weighted by Gasteiger charge is 2.69. The molecule has 0 heterocycles. The highest BCUT2D eigenvalue weighted by Crippen LogP contribution is 2.70. The van der Waals surface area contributed by atoms with Gasteiger partial charge in [0.25, 0.3) is 0 Å². The summed E-state index contributed by atoms with van der Waals surface area (Å²) in [5.74, 6) is 3.58. The molecule has 3 fully saturated rings. The highest BCUT2D eigenvalue weighted by atomic mass is 16.1. The first-order valence-electron chi connectivity index (χ1n) is 5.14. The Morgan fingerprint density at radius 3 is 2.77 bits per heavy atom. The number of carbonyl (C=O) groups excluding carboxylic acids is 1. The van der Waals surface area contributed by atoms with Gasteiger partial charge in [0.15, 0.2) is 0 Å². The van der Waals surface area contributed by atoms with Gasteiger partial charge in [0, 0.05) is 11.8 Å². The van der Waals surface area contributed by atoms with Gasteiger partial charge in [-0.2, -0.15) is 5.26 Å². The Morgan fingerprint density at radius 1 is 1.38 bits per heavy atom. The Morgan fingerprint density at radius 2 is 2.15 bits per heavy atom. The molecule has 0 unspecified atom stereocenters. The van der Waals surface area contributed by atoms with Gasteiger partial charge in [-0.3, -0.25) is 4.79 Å². The molecule has 0 saturated heterocycles. The van der Waals surface area contributed by atoms with Crippen molar-refractivity contribution in [1.29, 1.82) is 5.26 Å². The second-order valence-electron chi connectivity index (χ2n) is 4.92. The minimum Gasteiger partial charge on any atom is -0.300 e. The molecule has 0 aromatic heterocycles. The fourth-order valence-corrected chi connectivity index (χ4v) is 4.06. The number of hydrogen-bond donors (Lipinski definition) is 0. The van der Waals surface area contributed by atoms with Crippen LogP contribution in [0.3, 0.4) is 0 Å². The first kappa shape index (κ1) is 7.55. The molecule has 2 heteroatoms. The minimum absolute atomic E-state index is 0.274. The highest BCUT2D eigenvalue weighted by molar-refractivity contribution is 5.82. The Hall–Kier alpha value is -0.840. The number of ketones is 1. The first-order chi connectivity index (χ1) is 6.24. The molecule has 0 aliphatic heterocycles. The van der Waals surface area contributed by atoms with Gasteiger partial charge < -0.3 is 0 Å². The van der Waals surface area contributed by atoms with Gasteiger partial charge in [0.1, 0.15) is 5.78 Å². The Bertz CT molecular complexity index is 317. The molecular formula is C11H13NO. The zero-order valence-corrected chi connectivity index (χ0v) is 7.73. The molecular weight excluding hydrogens is 162 g/mol. The second-order valence-corrected chi connectivity index (χ2v) is 4.92. The molecule has 0 spiro atoms. The summed E-state index contributed by atoms with van der Waals surface area (Å²) in [6.45, 7) is 1.71. The maximum Gasteiger partial charge on any atom is 0.133 e. The van der Waals surface area contributed by atoms with E-state index in [9.17, 15) is 4.79 Å². The van der Waals surface area contributed by atoms with E-state index in [2.05, 4.69) is 6.07 Å². The molecule has 0 radical (unpaired) electrons. The standard InChI is InChI=1S/C11H13NO/c1-5(13)9-10-6-2-7(4-12)8(3-6)11(9)10/h6-11H,2-3H2,1H3/t6-,7+,8-,9-,10-,11+/m1/s1. The Kier molecular flexibility index (Phi) is 1.25. The van der Waals surface area contributed by atoms with Crippen LogP contribution in [0.4, 0.5) is 0 Å². The summed E-state index contributed by atoms with van der Waals surface area (Å²) in [5, 5.41) is 8.91. The predicted molar refractivity (Wildman–Crippen MR) is 46.5 cm³/mol. The average Bonchev–Trinajstić information content (AvgIpc) is 2.61. The van der Waals surface area contributed by atoms with Crippen molar-refractivity contribution in [2.24, 2.45) is 35.5 Å². The number of nitriles is 1. The number of carbonyl (C=O) groups is 1. The number of fused-ring (bicyclic) bond motifs is 5. The first-order valence-corrected chi connectivity index (χ1v) is 5.14. The van der Waals surface area contributed by atoms with Crippen LogP contribution in [0, 0.1) is 46.8 Å². The molecule has 0 aromatic carbocycles. The van der Waals surface area contributed by atoms with Crippen LogP contribution >= 0.6 is 0 Å². The molecule has 0 N–H and O–H groups in total. The minimum atomic E-state index is 0.274.